The van der Waals surface area contributed by atoms with Crippen molar-refractivity contribution in [3.05, 3.63) is 217 Å². The molecule has 0 aliphatic carbocycles. The van der Waals surface area contributed by atoms with Gasteiger partial charge in [-0.25, -0.2) is 4.98 Å². The molecule has 2 aliphatic heterocycles. The molecule has 0 fully saturated rings. The normalized spacial score (nSPS) is 16.4. The highest BCUT2D eigenvalue weighted by atomic mass is 15.2. The largest absolute Gasteiger partial charge is 0.368 e. The molecule has 2 aromatic heterocycles. The number of imidazole rings is 1. The number of hydrogen-bond donors (Lipinski definition) is 3. The van der Waals surface area contributed by atoms with Gasteiger partial charge in [-0.2, -0.15) is 0 Å². The summed E-state index contributed by atoms with van der Waals surface area (Å²) in [7, 11) is 0. The second-order valence-electron chi connectivity index (χ2n) is 15.1. The molecule has 6 nitrogen and oxygen atoms in total. The fourth-order valence-electron chi connectivity index (χ4n) is 8.60. The first-order chi connectivity index (χ1) is 29.2. The lowest BCUT2D eigenvalue weighted by Gasteiger charge is -2.33. The Labute approximate surface area is 342 Å². The molecule has 3 N–H and O–H groups in total. The molecule has 0 bridgehead atoms. The Kier molecular flexibility index (Phi) is 8.68. The monoisotopic (exact) mass is 760 g/mol. The first kappa shape index (κ1) is 34.7. The molecule has 0 amide bonds. The minimum absolute atomic E-state index is 0.0283. The Hall–Kier alpha value is -7.54. The summed E-state index contributed by atoms with van der Waals surface area (Å²) in [4.78, 5) is 10.2. The van der Waals surface area contributed by atoms with Crippen LogP contribution < -0.4 is 16.0 Å². The minimum Gasteiger partial charge on any atom is -0.368 e. The summed E-state index contributed by atoms with van der Waals surface area (Å²) < 4.78 is 2.28. The maximum absolute atomic E-state index is 5.38. The van der Waals surface area contributed by atoms with Gasteiger partial charge in [-0.05, 0) is 63.2 Å². The van der Waals surface area contributed by atoms with Gasteiger partial charge < -0.3 is 10.6 Å². The molecule has 2 unspecified atom stereocenters. The molecule has 7 aromatic carbocycles. The minimum atomic E-state index is -0.0470. The number of allylic oxidation sites excluding steroid dienone is 2. The number of pyridine rings is 1. The summed E-state index contributed by atoms with van der Waals surface area (Å²) in [6.45, 7) is 0.755. The number of aromatic nitrogens is 3. The van der Waals surface area contributed by atoms with E-state index in [0.29, 0.717) is 0 Å². The number of dihydropyridines is 1. The third-order valence-electron chi connectivity index (χ3n) is 11.6. The molecular weight excluding hydrogens is 721 g/mol. The molecular formula is C53H40N6. The molecule has 0 saturated heterocycles. The predicted octanol–water partition coefficient (Wildman–Crippen LogP) is 11.7. The van der Waals surface area contributed by atoms with Crippen molar-refractivity contribution in [1.82, 2.24) is 30.5 Å². The third-order valence-corrected chi connectivity index (χ3v) is 11.6. The SMILES string of the molecule is C1=CCNC(n2c(-c3ccc(-c4ccc(C5=CC(c6ccc(-c7ccccc7)cc6)NC(c6ccccc6)N5)cc4)cc3)nc3c4cccnc4c4ccccc4c32)=C1. The topological polar surface area (TPSA) is 66.8 Å². The second kappa shape index (κ2) is 14.8. The van der Waals surface area contributed by atoms with Crippen molar-refractivity contribution in [2.24, 2.45) is 0 Å². The highest BCUT2D eigenvalue weighted by molar-refractivity contribution is 6.23. The van der Waals surface area contributed by atoms with Crippen molar-refractivity contribution in [2.45, 2.75) is 12.2 Å². The Bertz CT molecular complexity index is 3070. The van der Waals surface area contributed by atoms with Gasteiger partial charge in [0, 0.05) is 40.2 Å². The lowest BCUT2D eigenvalue weighted by atomic mass is 9.95. The first-order valence-electron chi connectivity index (χ1n) is 20.2. The van der Waals surface area contributed by atoms with Crippen LogP contribution in [0, 0.1) is 0 Å². The van der Waals surface area contributed by atoms with Gasteiger partial charge in [-0.15, -0.1) is 0 Å². The number of rotatable bonds is 7. The summed E-state index contributed by atoms with van der Waals surface area (Å²) in [6.07, 6.45) is 10.5. The average Bonchev–Trinajstić information content (AvgIpc) is 3.74. The van der Waals surface area contributed by atoms with E-state index in [0.717, 1.165) is 78.8 Å². The molecule has 4 heterocycles. The van der Waals surface area contributed by atoms with Crippen LogP contribution in [0.2, 0.25) is 0 Å². The Morgan fingerprint density at radius 3 is 1.85 bits per heavy atom. The average molecular weight is 761 g/mol. The molecule has 9 aromatic rings. The highest BCUT2D eigenvalue weighted by Gasteiger charge is 2.25. The number of nitrogens with one attached hydrogen (secondary N) is 3. The predicted molar refractivity (Wildman–Crippen MR) is 243 cm³/mol. The van der Waals surface area contributed by atoms with E-state index in [1.165, 1.54) is 22.3 Å². The Morgan fingerprint density at radius 1 is 0.525 bits per heavy atom. The number of fused-ring (bicyclic) bond motifs is 6. The zero-order chi connectivity index (χ0) is 39.1. The molecule has 0 spiro atoms. The number of nitrogens with zero attached hydrogens (tertiary/aromatic N) is 3. The molecule has 0 saturated carbocycles. The van der Waals surface area contributed by atoms with E-state index < -0.39 is 0 Å². The Balaban J connectivity index is 0.930. The van der Waals surface area contributed by atoms with Gasteiger partial charge in [-0.3, -0.25) is 14.9 Å². The van der Waals surface area contributed by atoms with Crippen LogP contribution in [0.3, 0.4) is 0 Å². The van der Waals surface area contributed by atoms with Gasteiger partial charge in [0.2, 0.25) is 0 Å². The maximum Gasteiger partial charge on any atom is 0.146 e. The molecule has 11 rings (SSSR count). The van der Waals surface area contributed by atoms with Crippen molar-refractivity contribution in [3.8, 4) is 33.6 Å². The van der Waals surface area contributed by atoms with Crippen molar-refractivity contribution >= 4 is 44.2 Å². The van der Waals surface area contributed by atoms with E-state index in [2.05, 4.69) is 209 Å². The summed E-state index contributed by atoms with van der Waals surface area (Å²) >= 11 is 0. The van der Waals surface area contributed by atoms with E-state index in [-0.39, 0.29) is 12.2 Å². The van der Waals surface area contributed by atoms with Crippen LogP contribution in [0.25, 0.3) is 77.9 Å². The van der Waals surface area contributed by atoms with Gasteiger partial charge >= 0.3 is 0 Å². The van der Waals surface area contributed by atoms with Crippen LogP contribution in [0.1, 0.15) is 28.9 Å². The van der Waals surface area contributed by atoms with E-state index in [9.17, 15) is 0 Å². The van der Waals surface area contributed by atoms with E-state index >= 15 is 0 Å². The fraction of sp³-hybridized carbons (Fsp3) is 0.0566. The van der Waals surface area contributed by atoms with Gasteiger partial charge in [0.1, 0.15) is 17.8 Å². The van der Waals surface area contributed by atoms with E-state index in [1.807, 2.05) is 12.3 Å². The maximum atomic E-state index is 5.38. The van der Waals surface area contributed by atoms with Crippen LogP contribution in [-0.2, 0) is 0 Å². The van der Waals surface area contributed by atoms with Crippen LogP contribution >= 0.6 is 0 Å². The molecule has 59 heavy (non-hydrogen) atoms. The van der Waals surface area contributed by atoms with Crippen molar-refractivity contribution < 1.29 is 0 Å². The highest BCUT2D eigenvalue weighted by Crippen LogP contribution is 2.39. The van der Waals surface area contributed by atoms with Crippen LogP contribution in [0.15, 0.2) is 200 Å². The quantitative estimate of drug-likeness (QED) is 0.141. The summed E-state index contributed by atoms with van der Waals surface area (Å²) in [6, 6.07) is 60.4. The fourth-order valence-corrected chi connectivity index (χ4v) is 8.60. The Morgan fingerprint density at radius 2 is 1.14 bits per heavy atom. The van der Waals surface area contributed by atoms with E-state index in [1.54, 1.807) is 0 Å². The molecule has 0 radical (unpaired) electrons. The molecule has 282 valence electrons. The van der Waals surface area contributed by atoms with Crippen LogP contribution in [0.4, 0.5) is 0 Å². The molecule has 6 heteroatoms. The summed E-state index contributed by atoms with van der Waals surface area (Å²) in [5.41, 5.74) is 13.4. The summed E-state index contributed by atoms with van der Waals surface area (Å²) in [5.74, 6) is 1.89. The zero-order valence-corrected chi connectivity index (χ0v) is 32.3. The van der Waals surface area contributed by atoms with Gasteiger partial charge in [0.15, 0.2) is 0 Å². The second-order valence-corrected chi connectivity index (χ2v) is 15.1. The molecule has 2 aliphatic rings. The lowest BCUT2D eigenvalue weighted by molar-refractivity contribution is 0.443. The standard InChI is InChI=1S/C53H40N6/c1-3-12-35(13-4-1)36-20-26-39(27-21-36)46-34-47(57-52(56-46)41-14-5-2-6-15-41)40-28-22-37(23-29-40)38-24-30-42(31-25-38)53-58-50-45-18-11-33-55-49(45)43-16-7-8-17-44(43)51(50)59(53)48-19-9-10-32-54-48/h1-31,33-34,46,52,54,56-57H,32H2. The van der Waals surface area contributed by atoms with Gasteiger partial charge in [0.25, 0.3) is 0 Å². The third kappa shape index (κ3) is 6.36. The summed E-state index contributed by atoms with van der Waals surface area (Å²) in [5, 5.41) is 14.5. The lowest BCUT2D eigenvalue weighted by Crippen LogP contribution is -2.39. The smallest absolute Gasteiger partial charge is 0.146 e. The van der Waals surface area contributed by atoms with Crippen LogP contribution in [-0.4, -0.2) is 21.1 Å². The molecule has 2 atom stereocenters. The number of hydrogen-bond acceptors (Lipinski definition) is 5. The van der Waals surface area contributed by atoms with Crippen LogP contribution in [0.5, 0.6) is 0 Å². The van der Waals surface area contributed by atoms with E-state index in [4.69, 9.17) is 9.97 Å². The van der Waals surface area contributed by atoms with Crippen molar-refractivity contribution in [2.75, 3.05) is 6.54 Å². The zero-order valence-electron chi connectivity index (χ0n) is 32.3. The van der Waals surface area contributed by atoms with Gasteiger partial charge in [0.05, 0.1) is 22.6 Å². The first-order valence-corrected chi connectivity index (χ1v) is 20.2. The van der Waals surface area contributed by atoms with Crippen molar-refractivity contribution in [3.63, 3.8) is 0 Å². The van der Waals surface area contributed by atoms with Gasteiger partial charge in [-0.1, -0.05) is 170 Å². The van der Waals surface area contributed by atoms with Crippen molar-refractivity contribution in [1.29, 1.82) is 0 Å². The number of benzene rings is 7.